The number of morpholine rings is 1. The summed E-state index contributed by atoms with van der Waals surface area (Å²) in [7, 11) is -2.35. The third kappa shape index (κ3) is 6.71. The summed E-state index contributed by atoms with van der Waals surface area (Å²) in [6.07, 6.45) is 2.42. The fourth-order valence-corrected chi connectivity index (χ4v) is 5.13. The molecule has 13 nitrogen and oxygen atoms in total. The molecular weight excluding hydrogens is 588 g/mol. The quantitative estimate of drug-likeness (QED) is 0.161. The predicted molar refractivity (Wildman–Crippen MR) is 154 cm³/mol. The van der Waals surface area contributed by atoms with Crippen LogP contribution in [-0.2, 0) is 21.3 Å². The summed E-state index contributed by atoms with van der Waals surface area (Å²) in [4.78, 5) is 27.2. The van der Waals surface area contributed by atoms with Crippen molar-refractivity contribution in [3.63, 3.8) is 0 Å². The van der Waals surface area contributed by atoms with Crippen LogP contribution < -0.4 is 25.2 Å². The lowest BCUT2D eigenvalue weighted by Crippen LogP contribution is -2.37. The number of ether oxygens (including phenoxy) is 2. The van der Waals surface area contributed by atoms with Gasteiger partial charge in [-0.25, -0.2) is 37.6 Å². The van der Waals surface area contributed by atoms with Crippen molar-refractivity contribution in [1.29, 1.82) is 0 Å². The number of halogens is 2. The second-order valence-corrected chi connectivity index (χ2v) is 11.3. The lowest BCUT2D eigenvalue weighted by atomic mass is 10.0. The number of nitrogens with zero attached hydrogens (tertiary/aromatic N) is 4. The molecule has 1 saturated heterocycles. The van der Waals surface area contributed by atoms with Crippen molar-refractivity contribution in [1.82, 2.24) is 20.4 Å². The van der Waals surface area contributed by atoms with Gasteiger partial charge in [0, 0.05) is 47.9 Å². The van der Waals surface area contributed by atoms with Gasteiger partial charge in [-0.2, -0.15) is 0 Å². The van der Waals surface area contributed by atoms with Crippen LogP contribution in [0, 0.1) is 11.6 Å². The Morgan fingerprint density at radius 3 is 2.56 bits per heavy atom. The molecule has 4 aromatic rings. The molecule has 1 aliphatic rings. The highest BCUT2D eigenvalue weighted by atomic mass is 32.2. The standard InChI is InChI=1S/C27H27F2N7O6S/c1-41-26-22(35-43(2,39)40)11-17(14-31-26)24-19-12-18(28)9-16(23(19)32-27(33-24)36-5-7-42-8-6-36)13-30-21-4-3-15(10-20(21)29)25(37)34-38/h3-4,9-12,14,30,35,38H,5-8,13H2,1-2H3,(H,34,37). The Morgan fingerprint density at radius 1 is 1.12 bits per heavy atom. The summed E-state index contributed by atoms with van der Waals surface area (Å²) in [5.74, 6) is -1.88. The first-order chi connectivity index (χ1) is 20.6. The van der Waals surface area contributed by atoms with E-state index in [0.717, 1.165) is 12.3 Å². The van der Waals surface area contributed by atoms with Gasteiger partial charge in [-0.3, -0.25) is 14.7 Å². The van der Waals surface area contributed by atoms with Gasteiger partial charge in [0.1, 0.15) is 17.3 Å². The molecule has 16 heteroatoms. The molecule has 2 aromatic carbocycles. The van der Waals surface area contributed by atoms with E-state index in [0.29, 0.717) is 54.3 Å². The number of anilines is 3. The van der Waals surface area contributed by atoms with Gasteiger partial charge >= 0.3 is 0 Å². The maximum atomic E-state index is 15.1. The number of hydrogen-bond donors (Lipinski definition) is 4. The van der Waals surface area contributed by atoms with Gasteiger partial charge in [0.2, 0.25) is 21.9 Å². The number of methoxy groups -OCH3 is 1. The molecule has 0 atom stereocenters. The molecule has 43 heavy (non-hydrogen) atoms. The van der Waals surface area contributed by atoms with Crippen molar-refractivity contribution in [2.45, 2.75) is 6.54 Å². The van der Waals surface area contributed by atoms with Gasteiger partial charge < -0.3 is 19.7 Å². The third-order valence-electron chi connectivity index (χ3n) is 6.54. The Hall–Kier alpha value is -4.67. The number of rotatable bonds is 9. The number of pyridine rings is 1. The topological polar surface area (TPSA) is 168 Å². The van der Waals surface area contributed by atoms with Gasteiger partial charge in [-0.15, -0.1) is 0 Å². The summed E-state index contributed by atoms with van der Waals surface area (Å²) >= 11 is 0. The molecule has 1 amide bonds. The molecule has 0 spiro atoms. The normalized spacial score (nSPS) is 13.6. The maximum absolute atomic E-state index is 15.1. The fraction of sp³-hybridized carbons (Fsp3) is 0.259. The van der Waals surface area contributed by atoms with Crippen LogP contribution in [0.3, 0.4) is 0 Å². The van der Waals surface area contributed by atoms with E-state index < -0.39 is 27.6 Å². The van der Waals surface area contributed by atoms with E-state index in [9.17, 15) is 17.6 Å². The summed E-state index contributed by atoms with van der Waals surface area (Å²) in [5.41, 5.74) is 2.84. The average molecular weight is 616 g/mol. The first-order valence-electron chi connectivity index (χ1n) is 12.9. The van der Waals surface area contributed by atoms with Crippen molar-refractivity contribution >= 4 is 44.2 Å². The van der Waals surface area contributed by atoms with Crippen LogP contribution in [0.15, 0.2) is 42.6 Å². The second kappa shape index (κ2) is 12.3. The van der Waals surface area contributed by atoms with Crippen molar-refractivity contribution in [3.05, 3.63) is 65.4 Å². The number of amides is 1. The Bertz CT molecular complexity index is 1800. The molecule has 0 bridgehead atoms. The number of fused-ring (bicyclic) bond motifs is 1. The summed E-state index contributed by atoms with van der Waals surface area (Å²) in [5, 5.41) is 12.0. The Labute approximate surface area is 244 Å². The van der Waals surface area contributed by atoms with Crippen LogP contribution in [-0.4, -0.2) is 74.2 Å². The number of sulfonamides is 1. The monoisotopic (exact) mass is 615 g/mol. The van der Waals surface area contributed by atoms with E-state index in [2.05, 4.69) is 15.0 Å². The Morgan fingerprint density at radius 2 is 1.88 bits per heavy atom. The Kier molecular flexibility index (Phi) is 8.52. The van der Waals surface area contributed by atoms with Crippen molar-refractivity contribution in [3.8, 4) is 17.1 Å². The molecule has 0 saturated carbocycles. The zero-order valence-electron chi connectivity index (χ0n) is 23.0. The van der Waals surface area contributed by atoms with E-state index in [1.54, 1.807) is 0 Å². The van der Waals surface area contributed by atoms with Crippen LogP contribution in [0.1, 0.15) is 15.9 Å². The highest BCUT2D eigenvalue weighted by Crippen LogP contribution is 2.35. The lowest BCUT2D eigenvalue weighted by molar-refractivity contribution is 0.0706. The predicted octanol–water partition coefficient (Wildman–Crippen LogP) is 2.92. The lowest BCUT2D eigenvalue weighted by Gasteiger charge is -2.27. The van der Waals surface area contributed by atoms with Crippen molar-refractivity contribution in [2.75, 3.05) is 54.6 Å². The minimum Gasteiger partial charge on any atom is -0.480 e. The Balaban J connectivity index is 1.62. The first-order valence-corrected chi connectivity index (χ1v) is 14.8. The smallest absolute Gasteiger partial charge is 0.274 e. The summed E-state index contributed by atoms with van der Waals surface area (Å²) in [6.45, 7) is 1.84. The van der Waals surface area contributed by atoms with Crippen molar-refractivity contribution in [2.24, 2.45) is 0 Å². The van der Waals surface area contributed by atoms with E-state index in [1.807, 2.05) is 4.90 Å². The second-order valence-electron chi connectivity index (χ2n) is 9.58. The van der Waals surface area contributed by atoms with Gasteiger partial charge in [0.05, 0.1) is 43.5 Å². The van der Waals surface area contributed by atoms with E-state index in [4.69, 9.17) is 24.6 Å². The van der Waals surface area contributed by atoms with Gasteiger partial charge in [0.15, 0.2) is 0 Å². The van der Waals surface area contributed by atoms with E-state index >= 15 is 4.39 Å². The molecule has 226 valence electrons. The number of nitrogens with one attached hydrogen (secondary N) is 3. The average Bonchev–Trinajstić information content (AvgIpc) is 2.99. The number of aromatic nitrogens is 3. The zero-order chi connectivity index (χ0) is 30.7. The van der Waals surface area contributed by atoms with E-state index in [-0.39, 0.29) is 35.1 Å². The molecule has 0 unspecified atom stereocenters. The molecular formula is C27H27F2N7O6S. The number of hydroxylamine groups is 1. The van der Waals surface area contributed by atoms with Crippen molar-refractivity contribution < 1.29 is 36.7 Å². The number of carbonyl (C=O) groups is 1. The minimum absolute atomic E-state index is 0.0292. The maximum Gasteiger partial charge on any atom is 0.274 e. The van der Waals surface area contributed by atoms with Crippen LogP contribution in [0.25, 0.3) is 22.2 Å². The zero-order valence-corrected chi connectivity index (χ0v) is 23.8. The van der Waals surface area contributed by atoms with Gasteiger partial charge in [-0.05, 0) is 36.4 Å². The van der Waals surface area contributed by atoms with Crippen LogP contribution >= 0.6 is 0 Å². The summed E-state index contributed by atoms with van der Waals surface area (Å²) < 4.78 is 66.9. The largest absolute Gasteiger partial charge is 0.480 e. The SMILES string of the molecule is COc1ncc(-c2nc(N3CCOCC3)nc3c(CNc4ccc(C(=O)NO)cc4F)cc(F)cc23)cc1NS(C)(=O)=O. The number of benzene rings is 2. The number of carbonyl (C=O) groups excluding carboxylic acids is 1. The molecule has 1 aliphatic heterocycles. The molecule has 3 heterocycles. The minimum atomic E-state index is -3.69. The molecule has 1 fully saturated rings. The summed E-state index contributed by atoms with van der Waals surface area (Å²) in [6, 6.07) is 7.60. The number of hydrogen-bond acceptors (Lipinski definition) is 11. The molecule has 5 rings (SSSR count). The van der Waals surface area contributed by atoms with Crippen LogP contribution in [0.2, 0.25) is 0 Å². The molecule has 2 aromatic heterocycles. The fourth-order valence-electron chi connectivity index (χ4n) is 4.58. The van der Waals surface area contributed by atoms with Gasteiger partial charge in [-0.1, -0.05) is 0 Å². The third-order valence-corrected chi connectivity index (χ3v) is 7.13. The highest BCUT2D eigenvalue weighted by molar-refractivity contribution is 7.92. The molecule has 0 aliphatic carbocycles. The first kappa shape index (κ1) is 29.8. The van der Waals surface area contributed by atoms with Crippen LogP contribution in [0.4, 0.5) is 26.1 Å². The van der Waals surface area contributed by atoms with Crippen LogP contribution in [0.5, 0.6) is 5.88 Å². The molecule has 4 N–H and O–H groups in total. The highest BCUT2D eigenvalue weighted by Gasteiger charge is 2.22. The van der Waals surface area contributed by atoms with E-state index in [1.165, 1.54) is 49.1 Å². The molecule has 0 radical (unpaired) electrons. The van der Waals surface area contributed by atoms with Gasteiger partial charge in [0.25, 0.3) is 5.91 Å².